The maximum absolute atomic E-state index is 11.9. The van der Waals surface area contributed by atoms with E-state index >= 15 is 0 Å². The number of aromatic amines is 1. The number of benzene rings is 1. The Morgan fingerprint density at radius 2 is 2.00 bits per heavy atom. The van der Waals surface area contributed by atoms with E-state index in [0.29, 0.717) is 17.0 Å². The van der Waals surface area contributed by atoms with Crippen LogP contribution in [-0.2, 0) is 17.8 Å². The SMILES string of the molecule is CC(=O)c1ccccc1OCc1nc(C)c(CC(=O)O)c(=O)[nH]1. The molecule has 7 nitrogen and oxygen atoms in total. The Labute approximate surface area is 132 Å². The fourth-order valence-corrected chi connectivity index (χ4v) is 2.13. The first kappa shape index (κ1) is 16.4. The van der Waals surface area contributed by atoms with Crippen molar-refractivity contribution in [2.24, 2.45) is 0 Å². The van der Waals surface area contributed by atoms with E-state index in [2.05, 4.69) is 9.97 Å². The molecule has 7 heteroatoms. The Kier molecular flexibility index (Phi) is 4.90. The maximum atomic E-state index is 11.9. The first-order valence-electron chi connectivity index (χ1n) is 6.91. The molecule has 0 aliphatic heterocycles. The lowest BCUT2D eigenvalue weighted by molar-refractivity contribution is -0.136. The Balaban J connectivity index is 2.21. The number of ketones is 1. The number of nitrogens with zero attached hydrogens (tertiary/aromatic N) is 1. The molecular weight excluding hydrogens is 300 g/mol. The van der Waals surface area contributed by atoms with Gasteiger partial charge in [0.25, 0.3) is 5.56 Å². The number of carboxylic acid groups (broad SMARTS) is 1. The zero-order valence-electron chi connectivity index (χ0n) is 12.8. The Morgan fingerprint density at radius 3 is 2.61 bits per heavy atom. The van der Waals surface area contributed by atoms with Crippen molar-refractivity contribution in [3.05, 3.63) is 57.3 Å². The molecule has 2 N–H and O–H groups in total. The molecule has 120 valence electrons. The minimum absolute atomic E-state index is 0.0340. The number of Topliss-reactive ketones (excluding diaryl/α,β-unsaturated/α-hetero) is 1. The lowest BCUT2D eigenvalue weighted by Gasteiger charge is -2.10. The summed E-state index contributed by atoms with van der Waals surface area (Å²) in [4.78, 5) is 40.8. The molecule has 0 aliphatic rings. The number of hydrogen-bond donors (Lipinski definition) is 2. The summed E-state index contributed by atoms with van der Waals surface area (Å²) in [6.07, 6.45) is -0.386. The average Bonchev–Trinajstić information content (AvgIpc) is 2.49. The molecule has 0 atom stereocenters. The van der Waals surface area contributed by atoms with Crippen LogP contribution < -0.4 is 10.3 Å². The van der Waals surface area contributed by atoms with Crippen molar-refractivity contribution in [2.45, 2.75) is 26.9 Å². The molecule has 1 aromatic carbocycles. The van der Waals surface area contributed by atoms with Crippen LogP contribution in [0.3, 0.4) is 0 Å². The molecule has 0 spiro atoms. The fraction of sp³-hybridized carbons (Fsp3) is 0.250. The smallest absolute Gasteiger partial charge is 0.308 e. The number of carbonyl (C=O) groups is 2. The van der Waals surface area contributed by atoms with E-state index in [-0.39, 0.29) is 30.2 Å². The van der Waals surface area contributed by atoms with Crippen LogP contribution in [-0.4, -0.2) is 26.8 Å². The lowest BCUT2D eigenvalue weighted by Crippen LogP contribution is -2.22. The summed E-state index contributed by atoms with van der Waals surface area (Å²) in [7, 11) is 0. The number of carbonyl (C=O) groups excluding carboxylic acids is 1. The zero-order chi connectivity index (χ0) is 17.0. The standard InChI is InChI=1S/C16H16N2O5/c1-9-12(7-15(20)21)16(22)18-14(17-9)8-23-13-6-4-3-5-11(13)10(2)19/h3-6H,7-8H2,1-2H3,(H,20,21)(H,17,18,22). The van der Waals surface area contributed by atoms with Crippen molar-refractivity contribution >= 4 is 11.8 Å². The molecule has 2 rings (SSSR count). The molecule has 1 heterocycles. The molecule has 0 bridgehead atoms. The van der Waals surface area contributed by atoms with E-state index in [1.54, 1.807) is 31.2 Å². The largest absolute Gasteiger partial charge is 0.485 e. The number of hydrogen-bond acceptors (Lipinski definition) is 5. The maximum Gasteiger partial charge on any atom is 0.308 e. The molecule has 0 saturated carbocycles. The third kappa shape index (κ3) is 4.03. The number of aliphatic carboxylic acids is 1. The van der Waals surface area contributed by atoms with E-state index in [1.807, 2.05) is 0 Å². The highest BCUT2D eigenvalue weighted by molar-refractivity contribution is 5.96. The van der Waals surface area contributed by atoms with Crippen LogP contribution in [0.5, 0.6) is 5.75 Å². The van der Waals surface area contributed by atoms with Gasteiger partial charge >= 0.3 is 5.97 Å². The highest BCUT2D eigenvalue weighted by Gasteiger charge is 2.13. The van der Waals surface area contributed by atoms with Gasteiger partial charge in [-0.15, -0.1) is 0 Å². The number of ether oxygens (including phenoxy) is 1. The summed E-state index contributed by atoms with van der Waals surface area (Å²) < 4.78 is 5.55. The van der Waals surface area contributed by atoms with Gasteiger partial charge in [0.1, 0.15) is 18.2 Å². The van der Waals surface area contributed by atoms with Gasteiger partial charge in [0.05, 0.1) is 12.0 Å². The van der Waals surface area contributed by atoms with Gasteiger partial charge in [-0.1, -0.05) is 12.1 Å². The summed E-state index contributed by atoms with van der Waals surface area (Å²) in [5, 5.41) is 8.78. The number of nitrogens with one attached hydrogen (secondary N) is 1. The van der Waals surface area contributed by atoms with E-state index < -0.39 is 11.5 Å². The van der Waals surface area contributed by atoms with Crippen LogP contribution in [0.15, 0.2) is 29.1 Å². The second-order valence-corrected chi connectivity index (χ2v) is 4.99. The lowest BCUT2D eigenvalue weighted by atomic mass is 10.1. The van der Waals surface area contributed by atoms with Crippen molar-refractivity contribution in [1.82, 2.24) is 9.97 Å². The Morgan fingerprint density at radius 1 is 1.30 bits per heavy atom. The highest BCUT2D eigenvalue weighted by atomic mass is 16.5. The summed E-state index contributed by atoms with van der Waals surface area (Å²) in [6, 6.07) is 6.77. The van der Waals surface area contributed by atoms with Crippen LogP contribution in [0.2, 0.25) is 0 Å². The number of aromatic nitrogens is 2. The van der Waals surface area contributed by atoms with Crippen LogP contribution in [0.25, 0.3) is 0 Å². The Bertz CT molecular complexity index is 810. The summed E-state index contributed by atoms with van der Waals surface area (Å²) in [6.45, 7) is 2.97. The van der Waals surface area contributed by atoms with Crippen LogP contribution in [0.1, 0.15) is 34.4 Å². The molecule has 0 aliphatic carbocycles. The number of rotatable bonds is 6. The number of H-pyrrole nitrogens is 1. The van der Waals surface area contributed by atoms with Gasteiger partial charge in [0, 0.05) is 11.3 Å². The highest BCUT2D eigenvalue weighted by Crippen LogP contribution is 2.19. The Hall–Kier alpha value is -2.96. The van der Waals surface area contributed by atoms with Crippen molar-refractivity contribution in [2.75, 3.05) is 0 Å². The van der Waals surface area contributed by atoms with Gasteiger partial charge in [-0.25, -0.2) is 4.98 Å². The predicted molar refractivity (Wildman–Crippen MR) is 81.7 cm³/mol. The van der Waals surface area contributed by atoms with E-state index in [9.17, 15) is 14.4 Å². The number of para-hydroxylation sites is 1. The molecule has 0 unspecified atom stereocenters. The van der Waals surface area contributed by atoms with Crippen molar-refractivity contribution in [3.63, 3.8) is 0 Å². The quantitative estimate of drug-likeness (QED) is 0.781. The zero-order valence-corrected chi connectivity index (χ0v) is 12.8. The minimum atomic E-state index is -1.10. The molecule has 23 heavy (non-hydrogen) atoms. The normalized spacial score (nSPS) is 10.3. The molecule has 0 fully saturated rings. The third-order valence-corrected chi connectivity index (χ3v) is 3.23. The van der Waals surface area contributed by atoms with E-state index in [0.717, 1.165) is 0 Å². The average molecular weight is 316 g/mol. The van der Waals surface area contributed by atoms with Gasteiger partial charge in [-0.05, 0) is 26.0 Å². The van der Waals surface area contributed by atoms with Gasteiger partial charge in [-0.2, -0.15) is 0 Å². The van der Waals surface area contributed by atoms with Gasteiger partial charge in [-0.3, -0.25) is 14.4 Å². The molecule has 0 amide bonds. The first-order valence-corrected chi connectivity index (χ1v) is 6.91. The van der Waals surface area contributed by atoms with Crippen molar-refractivity contribution < 1.29 is 19.4 Å². The second-order valence-electron chi connectivity index (χ2n) is 4.99. The summed E-state index contributed by atoms with van der Waals surface area (Å²) in [5.74, 6) is -0.565. The topological polar surface area (TPSA) is 109 Å². The molecule has 2 aromatic rings. The third-order valence-electron chi connectivity index (χ3n) is 3.23. The number of carboxylic acids is 1. The van der Waals surface area contributed by atoms with Crippen molar-refractivity contribution in [1.29, 1.82) is 0 Å². The first-order chi connectivity index (χ1) is 10.9. The van der Waals surface area contributed by atoms with Gasteiger partial charge < -0.3 is 14.8 Å². The predicted octanol–water partition coefficient (Wildman–Crippen LogP) is 1.49. The van der Waals surface area contributed by atoms with Gasteiger partial charge in [0.15, 0.2) is 5.78 Å². The second kappa shape index (κ2) is 6.87. The molecular formula is C16H16N2O5. The van der Waals surface area contributed by atoms with Crippen LogP contribution in [0, 0.1) is 6.92 Å². The summed E-state index contributed by atoms with van der Waals surface area (Å²) >= 11 is 0. The summed E-state index contributed by atoms with van der Waals surface area (Å²) in [5.41, 5.74) is 0.396. The van der Waals surface area contributed by atoms with Crippen LogP contribution >= 0.6 is 0 Å². The molecule has 1 aromatic heterocycles. The van der Waals surface area contributed by atoms with Gasteiger partial charge in [0.2, 0.25) is 0 Å². The van der Waals surface area contributed by atoms with E-state index in [1.165, 1.54) is 6.92 Å². The molecule has 0 saturated heterocycles. The van der Waals surface area contributed by atoms with Crippen LogP contribution in [0.4, 0.5) is 0 Å². The number of aryl methyl sites for hydroxylation is 1. The fourth-order valence-electron chi connectivity index (χ4n) is 2.13. The van der Waals surface area contributed by atoms with E-state index in [4.69, 9.17) is 9.84 Å². The minimum Gasteiger partial charge on any atom is -0.485 e. The molecule has 0 radical (unpaired) electrons. The van der Waals surface area contributed by atoms with Crippen molar-refractivity contribution in [3.8, 4) is 5.75 Å². The monoisotopic (exact) mass is 316 g/mol.